The zero-order valence-corrected chi connectivity index (χ0v) is 12.6. The highest BCUT2D eigenvalue weighted by molar-refractivity contribution is 7.09. The average molecular weight is 289 g/mol. The van der Waals surface area contributed by atoms with Crippen LogP contribution in [0.4, 0.5) is 0 Å². The van der Waals surface area contributed by atoms with Crippen LogP contribution in [0.2, 0.25) is 0 Å². The van der Waals surface area contributed by atoms with Crippen LogP contribution in [0.25, 0.3) is 0 Å². The molecular weight excluding hydrogens is 270 g/mol. The molecule has 2 rings (SSSR count). The topological polar surface area (TPSA) is 59.2 Å². The van der Waals surface area contributed by atoms with Gasteiger partial charge in [-0.2, -0.15) is 0 Å². The number of hydrogen-bond donors (Lipinski definition) is 1. The molecule has 0 bridgehead atoms. The van der Waals surface area contributed by atoms with Gasteiger partial charge in [-0.15, -0.1) is 11.3 Å². The normalized spacial score (nSPS) is 10.6. The summed E-state index contributed by atoms with van der Waals surface area (Å²) < 4.78 is 0. The van der Waals surface area contributed by atoms with Gasteiger partial charge in [0.25, 0.3) is 5.91 Å². The van der Waals surface area contributed by atoms with Crippen LogP contribution in [0.3, 0.4) is 0 Å². The fourth-order valence-electron chi connectivity index (χ4n) is 1.97. The standard InChI is InChI=1S/C15H19N3OS/c1-11-14(20-10-17-11)9-18(2)15(19)13-5-3-12(4-6-13)7-8-16/h3-6,10H,7-9,16H2,1-2H3. The summed E-state index contributed by atoms with van der Waals surface area (Å²) in [5.74, 6) is 0.0251. The number of nitrogens with two attached hydrogens (primary N) is 1. The lowest BCUT2D eigenvalue weighted by Gasteiger charge is -2.16. The number of carbonyl (C=O) groups is 1. The van der Waals surface area contributed by atoms with E-state index in [4.69, 9.17) is 5.73 Å². The smallest absolute Gasteiger partial charge is 0.253 e. The Balaban J connectivity index is 2.04. The Labute approximate surface area is 123 Å². The number of aromatic nitrogens is 1. The highest BCUT2D eigenvalue weighted by Gasteiger charge is 2.13. The van der Waals surface area contributed by atoms with E-state index < -0.39 is 0 Å². The van der Waals surface area contributed by atoms with E-state index in [9.17, 15) is 4.79 Å². The summed E-state index contributed by atoms with van der Waals surface area (Å²) in [6.07, 6.45) is 0.838. The summed E-state index contributed by atoms with van der Waals surface area (Å²) in [5.41, 5.74) is 10.2. The minimum Gasteiger partial charge on any atom is -0.336 e. The fraction of sp³-hybridized carbons (Fsp3) is 0.333. The predicted octanol–water partition coefficient (Wildman–Crippen LogP) is 2.22. The van der Waals surface area contributed by atoms with Gasteiger partial charge in [0.1, 0.15) is 0 Å². The molecule has 0 aliphatic rings. The first-order valence-corrected chi connectivity index (χ1v) is 7.43. The number of aryl methyl sites for hydroxylation is 1. The van der Waals surface area contributed by atoms with Gasteiger partial charge in [-0.25, -0.2) is 4.98 Å². The summed E-state index contributed by atoms with van der Waals surface area (Å²) >= 11 is 1.58. The maximum Gasteiger partial charge on any atom is 0.253 e. The third-order valence-electron chi connectivity index (χ3n) is 3.21. The van der Waals surface area contributed by atoms with Gasteiger partial charge in [0.05, 0.1) is 17.7 Å². The first-order chi connectivity index (χ1) is 9.61. The van der Waals surface area contributed by atoms with E-state index in [2.05, 4.69) is 4.98 Å². The Morgan fingerprint density at radius 3 is 2.60 bits per heavy atom. The quantitative estimate of drug-likeness (QED) is 0.918. The van der Waals surface area contributed by atoms with Crippen LogP contribution in [0, 0.1) is 6.92 Å². The number of rotatable bonds is 5. The van der Waals surface area contributed by atoms with E-state index in [-0.39, 0.29) is 5.91 Å². The van der Waals surface area contributed by atoms with Crippen molar-refractivity contribution in [2.75, 3.05) is 13.6 Å². The molecule has 0 spiro atoms. The Kier molecular flexibility index (Phi) is 4.87. The number of benzene rings is 1. The predicted molar refractivity (Wildman–Crippen MR) is 81.8 cm³/mol. The molecule has 1 amide bonds. The summed E-state index contributed by atoms with van der Waals surface area (Å²) in [7, 11) is 1.81. The molecule has 0 saturated heterocycles. The summed E-state index contributed by atoms with van der Waals surface area (Å²) in [6, 6.07) is 7.66. The van der Waals surface area contributed by atoms with Crippen LogP contribution in [0.1, 0.15) is 26.5 Å². The van der Waals surface area contributed by atoms with Crippen molar-refractivity contribution in [2.24, 2.45) is 5.73 Å². The Bertz CT molecular complexity index is 577. The molecule has 2 aromatic rings. The Hall–Kier alpha value is -1.72. The van der Waals surface area contributed by atoms with E-state index in [1.165, 1.54) is 0 Å². The van der Waals surface area contributed by atoms with Crippen LogP contribution >= 0.6 is 11.3 Å². The molecule has 0 atom stereocenters. The molecule has 1 heterocycles. The van der Waals surface area contributed by atoms with Gasteiger partial charge in [-0.1, -0.05) is 12.1 Å². The van der Waals surface area contributed by atoms with E-state index in [0.717, 1.165) is 22.6 Å². The van der Waals surface area contributed by atoms with Gasteiger partial charge in [0, 0.05) is 17.5 Å². The lowest BCUT2D eigenvalue weighted by atomic mass is 10.1. The van der Waals surface area contributed by atoms with Gasteiger partial charge in [-0.05, 0) is 37.6 Å². The van der Waals surface area contributed by atoms with Gasteiger partial charge in [0.2, 0.25) is 0 Å². The van der Waals surface area contributed by atoms with Gasteiger partial charge in [0.15, 0.2) is 0 Å². The molecule has 0 saturated carbocycles. The van der Waals surface area contributed by atoms with E-state index in [1.54, 1.807) is 16.2 Å². The minimum absolute atomic E-state index is 0.0251. The van der Waals surface area contributed by atoms with Crippen molar-refractivity contribution in [2.45, 2.75) is 19.9 Å². The maximum atomic E-state index is 12.3. The number of carbonyl (C=O) groups excluding carboxylic acids is 1. The van der Waals surface area contributed by atoms with Crippen molar-refractivity contribution in [1.29, 1.82) is 0 Å². The first kappa shape index (κ1) is 14.7. The Morgan fingerprint density at radius 2 is 2.05 bits per heavy atom. The zero-order chi connectivity index (χ0) is 14.5. The third-order valence-corrected chi connectivity index (χ3v) is 4.13. The van der Waals surface area contributed by atoms with Crippen LogP contribution in [-0.4, -0.2) is 29.4 Å². The molecule has 106 valence electrons. The lowest BCUT2D eigenvalue weighted by Crippen LogP contribution is -2.26. The van der Waals surface area contributed by atoms with Crippen molar-refractivity contribution in [3.05, 3.63) is 51.5 Å². The molecule has 0 aliphatic heterocycles. The third kappa shape index (κ3) is 3.43. The summed E-state index contributed by atoms with van der Waals surface area (Å²) in [5, 5.41) is 0. The highest BCUT2D eigenvalue weighted by atomic mass is 32.1. The zero-order valence-electron chi connectivity index (χ0n) is 11.8. The maximum absolute atomic E-state index is 12.3. The molecule has 1 aromatic heterocycles. The summed E-state index contributed by atoms with van der Waals surface area (Å²) in [6.45, 7) is 3.18. The SMILES string of the molecule is Cc1ncsc1CN(C)C(=O)c1ccc(CCN)cc1. The molecule has 0 fully saturated rings. The van der Waals surface area contributed by atoms with Crippen molar-refractivity contribution in [1.82, 2.24) is 9.88 Å². The lowest BCUT2D eigenvalue weighted by molar-refractivity contribution is 0.0786. The minimum atomic E-state index is 0.0251. The van der Waals surface area contributed by atoms with Crippen LogP contribution in [0.5, 0.6) is 0 Å². The fourth-order valence-corrected chi connectivity index (χ4v) is 2.80. The van der Waals surface area contributed by atoms with Crippen molar-refractivity contribution < 1.29 is 4.79 Å². The van der Waals surface area contributed by atoms with Gasteiger partial charge < -0.3 is 10.6 Å². The Morgan fingerprint density at radius 1 is 1.35 bits per heavy atom. The molecule has 0 unspecified atom stereocenters. The first-order valence-electron chi connectivity index (χ1n) is 6.55. The van der Waals surface area contributed by atoms with Crippen molar-refractivity contribution in [3.8, 4) is 0 Å². The van der Waals surface area contributed by atoms with Gasteiger partial charge in [-0.3, -0.25) is 4.79 Å². The molecule has 1 aromatic carbocycles. The highest BCUT2D eigenvalue weighted by Crippen LogP contribution is 2.16. The second kappa shape index (κ2) is 6.63. The second-order valence-electron chi connectivity index (χ2n) is 4.76. The molecule has 0 radical (unpaired) electrons. The second-order valence-corrected chi connectivity index (χ2v) is 5.70. The van der Waals surface area contributed by atoms with E-state index >= 15 is 0 Å². The molecule has 2 N–H and O–H groups in total. The number of amides is 1. The largest absolute Gasteiger partial charge is 0.336 e. The van der Waals surface area contributed by atoms with Crippen LogP contribution in [-0.2, 0) is 13.0 Å². The van der Waals surface area contributed by atoms with Gasteiger partial charge >= 0.3 is 0 Å². The number of thiazole rings is 1. The average Bonchev–Trinajstić information content (AvgIpc) is 2.85. The van der Waals surface area contributed by atoms with E-state index in [1.807, 2.05) is 43.7 Å². The van der Waals surface area contributed by atoms with Crippen LogP contribution < -0.4 is 5.73 Å². The summed E-state index contributed by atoms with van der Waals surface area (Å²) in [4.78, 5) is 19.4. The number of hydrogen-bond acceptors (Lipinski definition) is 4. The van der Waals surface area contributed by atoms with Crippen LogP contribution in [0.15, 0.2) is 29.8 Å². The molecular formula is C15H19N3OS. The van der Waals surface area contributed by atoms with Crippen molar-refractivity contribution >= 4 is 17.2 Å². The molecule has 0 aliphatic carbocycles. The molecule has 5 heteroatoms. The molecule has 20 heavy (non-hydrogen) atoms. The monoisotopic (exact) mass is 289 g/mol. The van der Waals surface area contributed by atoms with Crippen molar-refractivity contribution in [3.63, 3.8) is 0 Å². The van der Waals surface area contributed by atoms with E-state index in [0.29, 0.717) is 18.7 Å². The molecule has 4 nitrogen and oxygen atoms in total. The number of nitrogens with zero attached hydrogens (tertiary/aromatic N) is 2.